The van der Waals surface area contributed by atoms with Gasteiger partial charge in [-0.25, -0.2) is 17.8 Å². The highest BCUT2D eigenvalue weighted by Gasteiger charge is 2.35. The highest BCUT2D eigenvalue weighted by molar-refractivity contribution is 7.93. The van der Waals surface area contributed by atoms with E-state index in [9.17, 15) is 12.8 Å². The lowest BCUT2D eigenvalue weighted by molar-refractivity contribution is 0.411. The fourth-order valence-electron chi connectivity index (χ4n) is 4.25. The Labute approximate surface area is 206 Å². The molecule has 1 fully saturated rings. The van der Waals surface area contributed by atoms with Gasteiger partial charge in [0.05, 0.1) is 35.3 Å². The van der Waals surface area contributed by atoms with E-state index >= 15 is 0 Å². The zero-order valence-corrected chi connectivity index (χ0v) is 20.1. The third kappa shape index (κ3) is 4.09. The van der Waals surface area contributed by atoms with Crippen molar-refractivity contribution in [1.82, 2.24) is 19.7 Å². The second-order valence-corrected chi connectivity index (χ2v) is 10.7. The van der Waals surface area contributed by atoms with Crippen molar-refractivity contribution in [3.05, 3.63) is 79.1 Å². The number of anilines is 1. The van der Waals surface area contributed by atoms with Crippen molar-refractivity contribution in [3.8, 4) is 33.7 Å². The lowest BCUT2D eigenvalue weighted by atomic mass is 10.0. The molecule has 0 saturated heterocycles. The van der Waals surface area contributed by atoms with Crippen molar-refractivity contribution in [2.24, 2.45) is 0 Å². The average Bonchev–Trinajstić information content (AvgIpc) is 3.44. The minimum absolute atomic E-state index is 0.330. The number of fused-ring (bicyclic) bond motifs is 1. The van der Waals surface area contributed by atoms with Crippen LogP contribution in [0.1, 0.15) is 12.8 Å². The number of nitrogens with zero attached hydrogens (tertiary/aromatic N) is 3. The number of hydrogen-bond donors (Lipinski definition) is 2. The topological polar surface area (TPSA) is 102 Å². The molecule has 0 atom stereocenters. The number of aromatic amines is 1. The molecular weight excluding hydrogens is 481 g/mol. The van der Waals surface area contributed by atoms with E-state index in [1.54, 1.807) is 36.8 Å². The second-order valence-electron chi connectivity index (χ2n) is 8.77. The Bertz CT molecular complexity index is 1690. The molecule has 182 valence electrons. The first kappa shape index (κ1) is 22.3. The molecule has 0 unspecified atom stereocenters. The van der Waals surface area contributed by atoms with Gasteiger partial charge in [0.1, 0.15) is 17.9 Å². The zero-order chi connectivity index (χ0) is 24.9. The summed E-state index contributed by atoms with van der Waals surface area (Å²) in [6, 6.07) is 15.7. The molecule has 3 aromatic carbocycles. The molecule has 36 heavy (non-hydrogen) atoms. The first-order valence-corrected chi connectivity index (χ1v) is 12.9. The van der Waals surface area contributed by atoms with Gasteiger partial charge < -0.3 is 4.74 Å². The fourth-order valence-corrected chi connectivity index (χ4v) is 5.62. The van der Waals surface area contributed by atoms with Crippen molar-refractivity contribution in [3.63, 3.8) is 0 Å². The molecule has 2 N–H and O–H groups in total. The summed E-state index contributed by atoms with van der Waals surface area (Å²) in [7, 11) is -2.04. The van der Waals surface area contributed by atoms with Gasteiger partial charge in [-0.1, -0.05) is 6.07 Å². The van der Waals surface area contributed by atoms with Gasteiger partial charge in [0.15, 0.2) is 0 Å². The van der Waals surface area contributed by atoms with Gasteiger partial charge in [0.2, 0.25) is 10.0 Å². The number of methoxy groups -OCH3 is 1. The van der Waals surface area contributed by atoms with E-state index in [4.69, 9.17) is 4.74 Å². The van der Waals surface area contributed by atoms with Gasteiger partial charge in [0.25, 0.3) is 0 Å². The third-order valence-corrected chi connectivity index (χ3v) is 8.15. The Morgan fingerprint density at radius 1 is 1.06 bits per heavy atom. The van der Waals surface area contributed by atoms with Crippen LogP contribution in [0, 0.1) is 5.82 Å². The van der Waals surface area contributed by atoms with Crippen LogP contribution in [0.4, 0.5) is 10.1 Å². The molecule has 0 bridgehead atoms. The summed E-state index contributed by atoms with van der Waals surface area (Å²) in [6.45, 7) is 0. The maximum Gasteiger partial charge on any atom is 0.235 e. The average molecular weight is 504 g/mol. The van der Waals surface area contributed by atoms with Crippen LogP contribution in [0.25, 0.3) is 39.0 Å². The van der Waals surface area contributed by atoms with Gasteiger partial charge in [-0.2, -0.15) is 5.10 Å². The molecule has 1 aliphatic rings. The predicted molar refractivity (Wildman–Crippen MR) is 136 cm³/mol. The summed E-state index contributed by atoms with van der Waals surface area (Å²) in [5.74, 6) is -0.0705. The molecule has 6 rings (SSSR count). The molecule has 0 radical (unpaired) electrons. The van der Waals surface area contributed by atoms with Gasteiger partial charge in [-0.15, -0.1) is 0 Å². The number of H-pyrrole nitrogens is 1. The van der Waals surface area contributed by atoms with E-state index in [0.29, 0.717) is 41.1 Å². The van der Waals surface area contributed by atoms with Crippen LogP contribution in [0.3, 0.4) is 0 Å². The molecule has 5 aromatic rings. The number of sulfonamides is 1. The summed E-state index contributed by atoms with van der Waals surface area (Å²) in [5.41, 5.74) is 5.36. The van der Waals surface area contributed by atoms with Crippen molar-refractivity contribution in [2.75, 3.05) is 11.8 Å². The SMILES string of the molecule is COc1ccc(-c2cc(NS(=O)(=O)C3CC3)cc(-n3cnc4cc(-c5cn[nH]c5)ccc43)c2)c(F)c1. The summed E-state index contributed by atoms with van der Waals surface area (Å²) >= 11 is 0. The van der Waals surface area contributed by atoms with Gasteiger partial charge in [-0.3, -0.25) is 14.4 Å². The van der Waals surface area contributed by atoms with Crippen molar-refractivity contribution < 1.29 is 17.5 Å². The fraction of sp³-hybridized carbons (Fsp3) is 0.154. The number of aromatic nitrogens is 4. The Hall–Kier alpha value is -4.18. The van der Waals surface area contributed by atoms with Crippen LogP contribution >= 0.6 is 0 Å². The molecular formula is C26H22FN5O3S. The molecule has 1 aliphatic carbocycles. The van der Waals surface area contributed by atoms with E-state index < -0.39 is 21.1 Å². The van der Waals surface area contributed by atoms with Gasteiger partial charge >= 0.3 is 0 Å². The smallest absolute Gasteiger partial charge is 0.235 e. The highest BCUT2D eigenvalue weighted by Crippen LogP contribution is 2.35. The number of nitrogens with one attached hydrogen (secondary N) is 2. The van der Waals surface area contributed by atoms with Crippen LogP contribution in [-0.2, 0) is 10.0 Å². The van der Waals surface area contributed by atoms with Gasteiger partial charge in [-0.05, 0) is 66.4 Å². The molecule has 0 amide bonds. The van der Waals surface area contributed by atoms with Crippen LogP contribution in [-0.4, -0.2) is 40.5 Å². The van der Waals surface area contributed by atoms with Crippen molar-refractivity contribution in [2.45, 2.75) is 18.1 Å². The molecule has 2 aromatic heterocycles. The Kier molecular flexibility index (Phi) is 5.26. The quantitative estimate of drug-likeness (QED) is 0.320. The Morgan fingerprint density at radius 3 is 2.64 bits per heavy atom. The molecule has 2 heterocycles. The maximum atomic E-state index is 15.0. The van der Waals surface area contributed by atoms with Crippen LogP contribution in [0.15, 0.2) is 73.3 Å². The molecule has 1 saturated carbocycles. The molecule has 0 spiro atoms. The standard InChI is InChI=1S/C26H22FN5O3S/c1-35-21-3-6-23(24(27)12-21)17-8-19(31-36(33,34)22-4-5-22)11-20(9-17)32-15-28-25-10-16(2-7-26(25)32)18-13-29-30-14-18/h2-3,6-15,22,31H,4-5H2,1H3,(H,29,30). The van der Waals surface area contributed by atoms with Crippen molar-refractivity contribution in [1.29, 1.82) is 0 Å². The summed E-state index contributed by atoms with van der Waals surface area (Å²) in [4.78, 5) is 4.55. The highest BCUT2D eigenvalue weighted by atomic mass is 32.2. The first-order valence-electron chi connectivity index (χ1n) is 11.4. The lowest BCUT2D eigenvalue weighted by Crippen LogP contribution is -2.17. The third-order valence-electron chi connectivity index (χ3n) is 6.29. The monoisotopic (exact) mass is 503 g/mol. The summed E-state index contributed by atoms with van der Waals surface area (Å²) in [5, 5.41) is 6.42. The van der Waals surface area contributed by atoms with E-state index in [1.165, 1.54) is 13.2 Å². The number of imidazole rings is 1. The van der Waals surface area contributed by atoms with Crippen molar-refractivity contribution >= 4 is 26.7 Å². The Morgan fingerprint density at radius 2 is 1.92 bits per heavy atom. The zero-order valence-electron chi connectivity index (χ0n) is 19.3. The lowest BCUT2D eigenvalue weighted by Gasteiger charge is -2.14. The molecule has 10 heteroatoms. The minimum Gasteiger partial charge on any atom is -0.497 e. The second kappa shape index (κ2) is 8.49. The first-order chi connectivity index (χ1) is 17.4. The number of halogens is 1. The predicted octanol–water partition coefficient (Wildman–Crippen LogP) is 5.13. The number of hydrogen-bond acceptors (Lipinski definition) is 5. The molecule has 0 aliphatic heterocycles. The van der Waals surface area contributed by atoms with E-state index in [1.807, 2.05) is 35.0 Å². The Balaban J connectivity index is 1.48. The number of benzene rings is 3. The van der Waals surface area contributed by atoms with E-state index in [0.717, 1.165) is 22.2 Å². The summed E-state index contributed by atoms with van der Waals surface area (Å²) in [6.07, 6.45) is 6.50. The van der Waals surface area contributed by atoms with E-state index in [2.05, 4.69) is 19.9 Å². The number of ether oxygens (including phenoxy) is 1. The number of rotatable bonds is 7. The van der Waals surface area contributed by atoms with Crippen LogP contribution < -0.4 is 9.46 Å². The molecule has 8 nitrogen and oxygen atoms in total. The van der Waals surface area contributed by atoms with Crippen LogP contribution in [0.2, 0.25) is 0 Å². The van der Waals surface area contributed by atoms with E-state index in [-0.39, 0.29) is 0 Å². The van der Waals surface area contributed by atoms with Crippen LogP contribution in [0.5, 0.6) is 5.75 Å². The minimum atomic E-state index is -3.52. The largest absolute Gasteiger partial charge is 0.497 e. The maximum absolute atomic E-state index is 15.0. The van der Waals surface area contributed by atoms with Gasteiger partial charge in [0, 0.05) is 29.1 Å². The normalized spacial score (nSPS) is 13.7. The summed E-state index contributed by atoms with van der Waals surface area (Å²) < 4.78 is 50.0.